The number of allylic oxidation sites excluding steroid dienone is 2. The van der Waals surface area contributed by atoms with E-state index in [1.807, 2.05) is 13.8 Å². The summed E-state index contributed by atoms with van der Waals surface area (Å²) in [5.41, 5.74) is -0.730. The second-order valence-corrected chi connectivity index (χ2v) is 7.56. The van der Waals surface area contributed by atoms with E-state index in [1.54, 1.807) is 40.1 Å². The largest absolute Gasteiger partial charge is 0.466 e. The second-order valence-electron chi connectivity index (χ2n) is 7.56. The molecule has 0 bridgehead atoms. The first kappa shape index (κ1) is 21.8. The third-order valence-corrected chi connectivity index (χ3v) is 4.96. The van der Waals surface area contributed by atoms with Crippen molar-refractivity contribution >= 4 is 17.7 Å². The van der Waals surface area contributed by atoms with Crippen molar-refractivity contribution in [1.82, 2.24) is 4.90 Å². The number of esters is 1. The molecule has 1 aliphatic carbocycles. The van der Waals surface area contributed by atoms with Crippen molar-refractivity contribution in [2.45, 2.75) is 46.1 Å². The average molecular weight is 363 g/mol. The molecule has 26 heavy (non-hydrogen) atoms. The number of amides is 1. The van der Waals surface area contributed by atoms with Crippen LogP contribution < -0.4 is 0 Å². The van der Waals surface area contributed by atoms with Gasteiger partial charge >= 0.3 is 5.97 Å². The summed E-state index contributed by atoms with van der Waals surface area (Å²) in [6.45, 7) is 7.01. The molecule has 0 aromatic carbocycles. The molecule has 0 fully saturated rings. The summed E-state index contributed by atoms with van der Waals surface area (Å²) in [6.07, 6.45) is 4.62. The maximum absolute atomic E-state index is 12.6. The van der Waals surface area contributed by atoms with Crippen molar-refractivity contribution < 1.29 is 24.2 Å². The van der Waals surface area contributed by atoms with Gasteiger partial charge in [0, 0.05) is 37.6 Å². The van der Waals surface area contributed by atoms with Crippen LogP contribution in [-0.4, -0.2) is 54.5 Å². The lowest BCUT2D eigenvalue weighted by Crippen LogP contribution is -2.49. The first-order valence-corrected chi connectivity index (χ1v) is 8.47. The first-order chi connectivity index (χ1) is 11.9. The molecule has 0 aromatic heterocycles. The highest BCUT2D eigenvalue weighted by atomic mass is 16.5. The van der Waals surface area contributed by atoms with Gasteiger partial charge in [0.05, 0.1) is 13.5 Å². The van der Waals surface area contributed by atoms with Gasteiger partial charge in [0.2, 0.25) is 5.91 Å². The van der Waals surface area contributed by atoms with Crippen LogP contribution in [0.5, 0.6) is 0 Å². The molecule has 6 nitrogen and oxygen atoms in total. The highest BCUT2D eigenvalue weighted by molar-refractivity contribution is 6.02. The molecule has 6 heteroatoms. The number of hydrogen-bond acceptors (Lipinski definition) is 5. The van der Waals surface area contributed by atoms with E-state index in [2.05, 4.69) is 4.74 Å². The van der Waals surface area contributed by atoms with Gasteiger partial charge in [-0.05, 0) is 31.1 Å². The maximum Gasteiger partial charge on any atom is 0.330 e. The Morgan fingerprint density at radius 1 is 1.31 bits per heavy atom. The van der Waals surface area contributed by atoms with Gasteiger partial charge in [0.15, 0.2) is 5.78 Å². The molecule has 0 aromatic rings. The zero-order valence-electron chi connectivity index (χ0n) is 16.7. The number of hydrogen-bond donors (Lipinski definition) is 1. The SMILES string of the molecule is COC(=O)/C=C(C)\C=C\[C@@]1(O)C(C)=C(CC(=O)N(C)C)C(=O)CC1(C)C. The molecule has 0 radical (unpaired) electrons. The van der Waals surface area contributed by atoms with Gasteiger partial charge in [-0.2, -0.15) is 0 Å². The molecule has 1 amide bonds. The Kier molecular flexibility index (Phi) is 6.71. The van der Waals surface area contributed by atoms with Gasteiger partial charge in [-0.1, -0.05) is 19.9 Å². The van der Waals surface area contributed by atoms with Gasteiger partial charge in [0.25, 0.3) is 0 Å². The summed E-state index contributed by atoms with van der Waals surface area (Å²) in [5.74, 6) is -0.801. The Hall–Kier alpha value is -2.21. The molecular weight excluding hydrogens is 334 g/mol. The monoisotopic (exact) mass is 363 g/mol. The predicted octanol–water partition coefficient (Wildman–Crippen LogP) is 2.19. The van der Waals surface area contributed by atoms with Crippen LogP contribution in [0, 0.1) is 5.41 Å². The summed E-state index contributed by atoms with van der Waals surface area (Å²) in [5, 5.41) is 11.4. The van der Waals surface area contributed by atoms with Crippen molar-refractivity contribution in [3.8, 4) is 0 Å². The van der Waals surface area contributed by atoms with E-state index in [1.165, 1.54) is 18.1 Å². The van der Waals surface area contributed by atoms with Crippen molar-refractivity contribution in [2.24, 2.45) is 5.41 Å². The molecule has 0 saturated heterocycles. The van der Waals surface area contributed by atoms with Crippen LogP contribution in [-0.2, 0) is 19.1 Å². The van der Waals surface area contributed by atoms with Crippen LogP contribution in [0.15, 0.2) is 34.9 Å². The zero-order chi connectivity index (χ0) is 20.3. The average Bonchev–Trinajstić information content (AvgIpc) is 2.54. The smallest absolute Gasteiger partial charge is 0.330 e. The molecule has 1 rings (SSSR count). The third kappa shape index (κ3) is 4.49. The van der Waals surface area contributed by atoms with Gasteiger partial charge < -0.3 is 14.7 Å². The topological polar surface area (TPSA) is 83.9 Å². The molecule has 1 N–H and O–H groups in total. The number of ether oxygens (including phenoxy) is 1. The summed E-state index contributed by atoms with van der Waals surface area (Å²) >= 11 is 0. The van der Waals surface area contributed by atoms with E-state index in [-0.39, 0.29) is 24.5 Å². The second kappa shape index (κ2) is 7.99. The summed E-state index contributed by atoms with van der Waals surface area (Å²) < 4.78 is 4.59. The molecular formula is C20H29NO5. The normalized spacial score (nSPS) is 23.4. The van der Waals surface area contributed by atoms with Crippen LogP contribution in [0.2, 0.25) is 0 Å². The lowest BCUT2D eigenvalue weighted by molar-refractivity contribution is -0.135. The Bertz CT molecular complexity index is 697. The molecule has 0 heterocycles. The summed E-state index contributed by atoms with van der Waals surface area (Å²) in [6, 6.07) is 0. The standard InChI is InChI=1S/C20H29NO5/c1-13(10-18(24)26-7)8-9-20(25)14(2)15(11-17(23)21(5)6)16(22)12-19(20,3)4/h8-10,25H,11-12H2,1-7H3/b9-8+,13-10-/t20-/m1/s1. The van der Waals surface area contributed by atoms with Crippen molar-refractivity contribution in [3.63, 3.8) is 0 Å². The molecule has 0 aliphatic heterocycles. The van der Waals surface area contributed by atoms with E-state index < -0.39 is 17.0 Å². The number of aliphatic hydroxyl groups is 1. The number of nitrogens with zero attached hydrogens (tertiary/aromatic N) is 1. The fourth-order valence-electron chi connectivity index (χ4n) is 3.03. The van der Waals surface area contributed by atoms with Gasteiger partial charge in [0.1, 0.15) is 5.60 Å². The van der Waals surface area contributed by atoms with Crippen molar-refractivity contribution in [3.05, 3.63) is 34.9 Å². The first-order valence-electron chi connectivity index (χ1n) is 8.47. The number of ketones is 1. The van der Waals surface area contributed by atoms with Gasteiger partial charge in [-0.15, -0.1) is 0 Å². The fraction of sp³-hybridized carbons (Fsp3) is 0.550. The number of rotatable bonds is 5. The van der Waals surface area contributed by atoms with Crippen molar-refractivity contribution in [2.75, 3.05) is 21.2 Å². The fourth-order valence-corrected chi connectivity index (χ4v) is 3.03. The van der Waals surface area contributed by atoms with E-state index in [0.717, 1.165) is 0 Å². The zero-order valence-corrected chi connectivity index (χ0v) is 16.7. The Morgan fingerprint density at radius 2 is 1.88 bits per heavy atom. The third-order valence-electron chi connectivity index (χ3n) is 4.96. The van der Waals surface area contributed by atoms with Gasteiger partial charge in [-0.3, -0.25) is 9.59 Å². The minimum Gasteiger partial charge on any atom is -0.466 e. The Labute approximate surface area is 155 Å². The van der Waals surface area contributed by atoms with Crippen LogP contribution in [0.25, 0.3) is 0 Å². The Morgan fingerprint density at radius 3 is 2.38 bits per heavy atom. The molecule has 144 valence electrons. The molecule has 0 unspecified atom stereocenters. The molecule has 1 atom stereocenters. The lowest BCUT2D eigenvalue weighted by Gasteiger charge is -2.45. The summed E-state index contributed by atoms with van der Waals surface area (Å²) in [7, 11) is 4.55. The number of carbonyl (C=O) groups is 3. The quantitative estimate of drug-likeness (QED) is 0.460. The predicted molar refractivity (Wildman–Crippen MR) is 99.3 cm³/mol. The van der Waals surface area contributed by atoms with Crippen LogP contribution in [0.1, 0.15) is 40.5 Å². The molecule has 0 spiro atoms. The Balaban J connectivity index is 3.36. The number of methoxy groups -OCH3 is 1. The van der Waals surface area contributed by atoms with E-state index in [0.29, 0.717) is 16.7 Å². The van der Waals surface area contributed by atoms with E-state index in [4.69, 9.17) is 0 Å². The molecule has 0 saturated carbocycles. The van der Waals surface area contributed by atoms with E-state index in [9.17, 15) is 19.5 Å². The maximum atomic E-state index is 12.6. The van der Waals surface area contributed by atoms with Gasteiger partial charge in [-0.25, -0.2) is 4.79 Å². The highest BCUT2D eigenvalue weighted by Gasteiger charge is 2.49. The summed E-state index contributed by atoms with van der Waals surface area (Å²) in [4.78, 5) is 37.4. The highest BCUT2D eigenvalue weighted by Crippen LogP contribution is 2.47. The number of carbonyl (C=O) groups excluding carboxylic acids is 3. The minimum atomic E-state index is -1.41. The number of Topliss-reactive ketones (excluding diaryl/α,β-unsaturated/α-hetero) is 1. The van der Waals surface area contributed by atoms with Crippen LogP contribution in [0.3, 0.4) is 0 Å². The minimum absolute atomic E-state index is 0.0408. The van der Waals surface area contributed by atoms with Crippen LogP contribution >= 0.6 is 0 Å². The molecule has 1 aliphatic rings. The van der Waals surface area contributed by atoms with Crippen molar-refractivity contribution in [1.29, 1.82) is 0 Å². The lowest BCUT2D eigenvalue weighted by atomic mass is 9.62. The van der Waals surface area contributed by atoms with E-state index >= 15 is 0 Å². The van der Waals surface area contributed by atoms with Crippen LogP contribution in [0.4, 0.5) is 0 Å².